The van der Waals surface area contributed by atoms with Gasteiger partial charge in [0.15, 0.2) is 0 Å². The van der Waals surface area contributed by atoms with Gasteiger partial charge in [0.25, 0.3) is 0 Å². The molecular weight excluding hydrogens is 488 g/mol. The van der Waals surface area contributed by atoms with Gasteiger partial charge in [-0.3, -0.25) is 0 Å². The van der Waals surface area contributed by atoms with Gasteiger partial charge in [0.1, 0.15) is 11.3 Å². The van der Waals surface area contributed by atoms with Gasteiger partial charge < -0.3 is 19.9 Å². The Balaban J connectivity index is 1.71. The zero-order valence-electron chi connectivity index (χ0n) is 20.9. The maximum Gasteiger partial charge on any atom is 0.338 e. The zero-order chi connectivity index (χ0) is 26.4. The van der Waals surface area contributed by atoms with Crippen LogP contribution in [-0.2, 0) is 17.7 Å². The van der Waals surface area contributed by atoms with Crippen molar-refractivity contribution in [3.8, 4) is 17.3 Å². The number of guanidine groups is 1. The lowest BCUT2D eigenvalue weighted by atomic mass is 9.98. The summed E-state index contributed by atoms with van der Waals surface area (Å²) in [5.41, 5.74) is 5.65. The molecule has 8 nitrogen and oxygen atoms in total. The van der Waals surface area contributed by atoms with Gasteiger partial charge in [0.05, 0.1) is 23.2 Å². The SMILES string of the molecule is CCCc1nc2c(Cl)cc(N/C(=N\C#N)NC)cc2n1Cc1ccc(-c2ccccc2C(=O)OC)cc1. The Bertz CT molecular complexity index is 1500. The number of aliphatic imine (C=N–C) groups is 1. The highest BCUT2D eigenvalue weighted by Crippen LogP contribution is 2.30. The van der Waals surface area contributed by atoms with Crippen LogP contribution in [0.3, 0.4) is 0 Å². The number of halogens is 1. The molecule has 0 saturated heterocycles. The van der Waals surface area contributed by atoms with Gasteiger partial charge in [-0.15, -0.1) is 4.99 Å². The van der Waals surface area contributed by atoms with E-state index in [9.17, 15) is 4.79 Å². The third-order valence-corrected chi connectivity index (χ3v) is 6.25. The first kappa shape index (κ1) is 25.7. The van der Waals surface area contributed by atoms with E-state index in [1.807, 2.05) is 48.5 Å². The summed E-state index contributed by atoms with van der Waals surface area (Å²) in [6.45, 7) is 2.71. The largest absolute Gasteiger partial charge is 0.465 e. The van der Waals surface area contributed by atoms with Gasteiger partial charge in [-0.25, -0.2) is 9.78 Å². The average Bonchev–Trinajstić information content (AvgIpc) is 3.26. The first-order valence-corrected chi connectivity index (χ1v) is 12.2. The molecule has 3 aromatic carbocycles. The fraction of sp³-hybridized carbons (Fsp3) is 0.214. The Labute approximate surface area is 220 Å². The Morgan fingerprint density at radius 2 is 1.95 bits per heavy atom. The van der Waals surface area contributed by atoms with Gasteiger partial charge >= 0.3 is 5.97 Å². The van der Waals surface area contributed by atoms with Gasteiger partial charge in [0, 0.05) is 25.7 Å². The minimum atomic E-state index is -0.365. The molecule has 1 heterocycles. The highest BCUT2D eigenvalue weighted by molar-refractivity contribution is 6.35. The van der Waals surface area contributed by atoms with Crippen molar-refractivity contribution in [2.45, 2.75) is 26.3 Å². The lowest BCUT2D eigenvalue weighted by Crippen LogP contribution is -2.26. The molecule has 0 saturated carbocycles. The molecule has 0 amide bonds. The highest BCUT2D eigenvalue weighted by Gasteiger charge is 2.16. The molecule has 0 unspecified atom stereocenters. The van der Waals surface area contributed by atoms with Crippen LogP contribution in [0.4, 0.5) is 5.69 Å². The van der Waals surface area contributed by atoms with Crippen LogP contribution >= 0.6 is 11.6 Å². The number of aryl methyl sites for hydroxylation is 1. The standard InChI is InChI=1S/C28H27ClN6O2/c1-4-7-25-34-26-23(29)14-20(33-28(31-2)32-17-30)15-24(26)35(25)16-18-10-12-19(13-11-18)21-8-5-6-9-22(21)27(36)37-3/h5-6,8-15H,4,7,16H2,1-3H3,(H2,31,32,33). The molecule has 4 rings (SSSR count). The van der Waals surface area contributed by atoms with E-state index in [0.717, 1.165) is 46.4 Å². The molecule has 188 valence electrons. The van der Waals surface area contributed by atoms with Crippen LogP contribution in [0.15, 0.2) is 65.7 Å². The summed E-state index contributed by atoms with van der Waals surface area (Å²) < 4.78 is 7.10. The number of esters is 1. The number of imidazole rings is 1. The summed E-state index contributed by atoms with van der Waals surface area (Å²) >= 11 is 6.62. The smallest absolute Gasteiger partial charge is 0.338 e. The molecule has 0 aliphatic carbocycles. The number of benzene rings is 3. The normalized spacial score (nSPS) is 11.3. The number of hydrogen-bond acceptors (Lipinski definition) is 5. The summed E-state index contributed by atoms with van der Waals surface area (Å²) in [5.74, 6) is 0.896. The predicted octanol–water partition coefficient (Wildman–Crippen LogP) is 5.61. The number of hydrogen-bond donors (Lipinski definition) is 2. The Hall–Kier alpha value is -4.35. The first-order valence-electron chi connectivity index (χ1n) is 11.9. The molecule has 4 aromatic rings. The van der Waals surface area contributed by atoms with Crippen molar-refractivity contribution in [3.05, 3.63) is 82.6 Å². The van der Waals surface area contributed by atoms with Crippen LogP contribution in [0.5, 0.6) is 0 Å². The number of rotatable bonds is 7. The van der Waals surface area contributed by atoms with E-state index in [1.54, 1.807) is 25.4 Å². The second-order valence-electron chi connectivity index (χ2n) is 8.36. The highest BCUT2D eigenvalue weighted by atomic mass is 35.5. The van der Waals surface area contributed by atoms with Crippen LogP contribution in [0.1, 0.15) is 35.1 Å². The van der Waals surface area contributed by atoms with E-state index in [2.05, 4.69) is 27.1 Å². The molecule has 0 atom stereocenters. The summed E-state index contributed by atoms with van der Waals surface area (Å²) in [4.78, 5) is 20.8. The Morgan fingerprint density at radius 3 is 2.62 bits per heavy atom. The van der Waals surface area contributed by atoms with Crippen LogP contribution in [0.25, 0.3) is 22.2 Å². The number of carbonyl (C=O) groups is 1. The van der Waals surface area contributed by atoms with Crippen molar-refractivity contribution < 1.29 is 9.53 Å². The lowest BCUT2D eigenvalue weighted by Gasteiger charge is -2.13. The number of nitriles is 1. The first-order chi connectivity index (χ1) is 18.0. The molecule has 0 radical (unpaired) electrons. The minimum absolute atomic E-state index is 0.320. The van der Waals surface area contributed by atoms with Crippen LogP contribution in [0.2, 0.25) is 5.02 Å². The topological polar surface area (TPSA) is 104 Å². The van der Waals surface area contributed by atoms with E-state index in [0.29, 0.717) is 28.8 Å². The summed E-state index contributed by atoms with van der Waals surface area (Å²) in [6, 6.07) is 19.2. The van der Waals surface area contributed by atoms with Crippen LogP contribution < -0.4 is 10.6 Å². The predicted molar refractivity (Wildman–Crippen MR) is 147 cm³/mol. The van der Waals surface area contributed by atoms with E-state index in [-0.39, 0.29) is 5.97 Å². The van der Waals surface area contributed by atoms with Crippen molar-refractivity contribution >= 4 is 40.3 Å². The number of nitrogens with zero attached hydrogens (tertiary/aromatic N) is 4. The van der Waals surface area contributed by atoms with E-state index in [4.69, 9.17) is 26.6 Å². The van der Waals surface area contributed by atoms with Crippen molar-refractivity contribution in [1.29, 1.82) is 5.26 Å². The molecule has 0 fully saturated rings. The summed E-state index contributed by atoms with van der Waals surface area (Å²) in [6.07, 6.45) is 3.51. The molecule has 37 heavy (non-hydrogen) atoms. The van der Waals surface area contributed by atoms with E-state index >= 15 is 0 Å². The van der Waals surface area contributed by atoms with Crippen molar-refractivity contribution in [2.24, 2.45) is 4.99 Å². The molecule has 0 bridgehead atoms. The molecule has 0 aliphatic heterocycles. The second-order valence-corrected chi connectivity index (χ2v) is 8.77. The summed E-state index contributed by atoms with van der Waals surface area (Å²) in [7, 11) is 3.06. The van der Waals surface area contributed by atoms with Crippen molar-refractivity contribution in [1.82, 2.24) is 14.9 Å². The maximum atomic E-state index is 12.2. The third kappa shape index (κ3) is 5.57. The Morgan fingerprint density at radius 1 is 1.19 bits per heavy atom. The maximum absolute atomic E-state index is 12.2. The summed E-state index contributed by atoms with van der Waals surface area (Å²) in [5, 5.41) is 15.4. The minimum Gasteiger partial charge on any atom is -0.465 e. The molecule has 1 aromatic heterocycles. The van der Waals surface area contributed by atoms with Gasteiger partial charge in [0.2, 0.25) is 12.2 Å². The zero-order valence-corrected chi connectivity index (χ0v) is 21.6. The number of anilines is 1. The fourth-order valence-electron chi connectivity index (χ4n) is 4.22. The number of fused-ring (bicyclic) bond motifs is 1. The number of methoxy groups -OCH3 is 1. The van der Waals surface area contributed by atoms with Crippen LogP contribution in [-0.4, -0.2) is 35.6 Å². The monoisotopic (exact) mass is 514 g/mol. The number of nitrogens with one attached hydrogen (secondary N) is 2. The van der Waals surface area contributed by atoms with Gasteiger partial charge in [-0.1, -0.05) is 61.0 Å². The fourth-order valence-corrected chi connectivity index (χ4v) is 4.48. The average molecular weight is 515 g/mol. The number of carbonyl (C=O) groups excluding carboxylic acids is 1. The molecule has 0 aliphatic rings. The molecule has 0 spiro atoms. The van der Waals surface area contributed by atoms with Crippen molar-refractivity contribution in [3.63, 3.8) is 0 Å². The Kier molecular flexibility index (Phi) is 8.06. The molecule has 9 heteroatoms. The number of ether oxygens (including phenoxy) is 1. The lowest BCUT2D eigenvalue weighted by molar-refractivity contribution is 0.0601. The number of aromatic nitrogens is 2. The molecule has 2 N–H and O–H groups in total. The van der Waals surface area contributed by atoms with E-state index in [1.165, 1.54) is 7.11 Å². The van der Waals surface area contributed by atoms with E-state index < -0.39 is 0 Å². The molecular formula is C28H27ClN6O2. The van der Waals surface area contributed by atoms with Gasteiger partial charge in [-0.05, 0) is 41.3 Å². The van der Waals surface area contributed by atoms with Crippen molar-refractivity contribution in [2.75, 3.05) is 19.5 Å². The van der Waals surface area contributed by atoms with Gasteiger partial charge in [-0.2, -0.15) is 5.26 Å². The van der Waals surface area contributed by atoms with Crippen LogP contribution in [0, 0.1) is 11.5 Å². The quantitative estimate of drug-likeness (QED) is 0.144. The third-order valence-electron chi connectivity index (χ3n) is 5.96. The second kappa shape index (κ2) is 11.6.